The predicted molar refractivity (Wildman–Crippen MR) is 89.5 cm³/mol. The molecule has 0 radical (unpaired) electrons. The van der Waals surface area contributed by atoms with Crippen molar-refractivity contribution in [1.82, 2.24) is 4.90 Å². The number of rotatable bonds is 5. The number of ketones is 1. The minimum absolute atomic E-state index is 0.0885. The summed E-state index contributed by atoms with van der Waals surface area (Å²) in [5.74, 6) is 0.915. The summed E-state index contributed by atoms with van der Waals surface area (Å²) < 4.78 is 0. The molecule has 21 heavy (non-hydrogen) atoms. The Bertz CT molecular complexity index is 496. The number of nitrogens with zero attached hydrogens (tertiary/aromatic N) is 1. The summed E-state index contributed by atoms with van der Waals surface area (Å²) in [5.41, 5.74) is 0.573. The zero-order chi connectivity index (χ0) is 15.4. The van der Waals surface area contributed by atoms with E-state index in [2.05, 4.69) is 11.8 Å². The van der Waals surface area contributed by atoms with Crippen LogP contribution in [0.15, 0.2) is 18.2 Å². The first-order valence-electron chi connectivity index (χ1n) is 7.76. The summed E-state index contributed by atoms with van der Waals surface area (Å²) >= 11 is 12.0. The number of carbonyl (C=O) groups excluding carboxylic acids is 1. The van der Waals surface area contributed by atoms with Gasteiger partial charge in [-0.05, 0) is 57.0 Å². The average Bonchev–Trinajstić information content (AvgIpc) is 2.47. The van der Waals surface area contributed by atoms with Gasteiger partial charge in [0, 0.05) is 10.6 Å². The molecule has 1 atom stereocenters. The Kier molecular flexibility index (Phi) is 6.09. The van der Waals surface area contributed by atoms with Gasteiger partial charge in [0.2, 0.25) is 0 Å². The van der Waals surface area contributed by atoms with E-state index >= 15 is 0 Å². The van der Waals surface area contributed by atoms with Crippen molar-refractivity contribution in [3.63, 3.8) is 0 Å². The molecular weight excluding hydrogens is 305 g/mol. The molecule has 0 N–H and O–H groups in total. The maximum absolute atomic E-state index is 12.6. The Hall–Kier alpha value is -0.570. The third-order valence-corrected chi connectivity index (χ3v) is 5.02. The quantitative estimate of drug-likeness (QED) is 0.703. The van der Waals surface area contributed by atoms with Crippen molar-refractivity contribution in [3.8, 4) is 0 Å². The van der Waals surface area contributed by atoms with Gasteiger partial charge >= 0.3 is 0 Å². The smallest absolute Gasteiger partial charge is 0.181 e. The van der Waals surface area contributed by atoms with Gasteiger partial charge in [0.15, 0.2) is 5.78 Å². The van der Waals surface area contributed by atoms with Crippen molar-refractivity contribution >= 4 is 29.0 Å². The van der Waals surface area contributed by atoms with Gasteiger partial charge in [-0.2, -0.15) is 0 Å². The van der Waals surface area contributed by atoms with Crippen LogP contribution in [0, 0.1) is 5.92 Å². The van der Waals surface area contributed by atoms with Crippen LogP contribution < -0.4 is 0 Å². The molecule has 1 unspecified atom stereocenters. The standard InChI is InChI=1S/C17H23Cl2NO/c1-3-4-13-7-9-20(10-8-13)12(2)17(21)15-6-5-14(18)11-16(15)19/h5-6,11-13H,3-4,7-10H2,1-2H3. The average molecular weight is 328 g/mol. The van der Waals surface area contributed by atoms with Gasteiger partial charge in [-0.15, -0.1) is 0 Å². The van der Waals surface area contributed by atoms with Crippen molar-refractivity contribution in [1.29, 1.82) is 0 Å². The lowest BCUT2D eigenvalue weighted by molar-refractivity contribution is 0.0766. The summed E-state index contributed by atoms with van der Waals surface area (Å²) in [6, 6.07) is 4.97. The van der Waals surface area contributed by atoms with Crippen LogP contribution >= 0.6 is 23.2 Å². The molecule has 1 aliphatic heterocycles. The summed E-state index contributed by atoms with van der Waals surface area (Å²) in [4.78, 5) is 14.9. The molecule has 1 aromatic rings. The van der Waals surface area contributed by atoms with Crippen LogP contribution in [0.4, 0.5) is 0 Å². The van der Waals surface area contributed by atoms with E-state index in [1.807, 2.05) is 6.92 Å². The summed E-state index contributed by atoms with van der Waals surface area (Å²) in [5, 5.41) is 1.00. The molecule has 116 valence electrons. The first-order chi connectivity index (χ1) is 10.0. The lowest BCUT2D eigenvalue weighted by Gasteiger charge is -2.35. The number of carbonyl (C=O) groups is 1. The Balaban J connectivity index is 2.00. The van der Waals surface area contributed by atoms with E-state index in [4.69, 9.17) is 23.2 Å². The van der Waals surface area contributed by atoms with Crippen LogP contribution in [0.1, 0.15) is 49.9 Å². The minimum atomic E-state index is -0.119. The molecule has 1 heterocycles. The van der Waals surface area contributed by atoms with Gasteiger partial charge in [-0.3, -0.25) is 9.69 Å². The number of hydrogen-bond acceptors (Lipinski definition) is 2. The zero-order valence-corrected chi connectivity index (χ0v) is 14.3. The van der Waals surface area contributed by atoms with Crippen LogP contribution in [0.5, 0.6) is 0 Å². The maximum atomic E-state index is 12.6. The van der Waals surface area contributed by atoms with Gasteiger partial charge in [0.05, 0.1) is 11.1 Å². The molecular formula is C17H23Cl2NO. The Morgan fingerprint density at radius 2 is 2.00 bits per heavy atom. The van der Waals surface area contributed by atoms with E-state index in [0.717, 1.165) is 19.0 Å². The van der Waals surface area contributed by atoms with Crippen molar-refractivity contribution in [3.05, 3.63) is 33.8 Å². The van der Waals surface area contributed by atoms with E-state index in [-0.39, 0.29) is 11.8 Å². The molecule has 1 saturated heterocycles. The van der Waals surface area contributed by atoms with Gasteiger partial charge in [0.25, 0.3) is 0 Å². The third-order valence-electron chi connectivity index (χ3n) is 4.47. The van der Waals surface area contributed by atoms with Crippen LogP contribution in [-0.4, -0.2) is 29.8 Å². The lowest BCUT2D eigenvalue weighted by atomic mass is 9.91. The fourth-order valence-corrected chi connectivity index (χ4v) is 3.62. The van der Waals surface area contributed by atoms with Gasteiger partial charge in [-0.25, -0.2) is 0 Å². The normalized spacial score (nSPS) is 18.7. The second kappa shape index (κ2) is 7.62. The summed E-state index contributed by atoms with van der Waals surface area (Å²) in [7, 11) is 0. The molecule has 1 fully saturated rings. The van der Waals surface area contributed by atoms with Crippen molar-refractivity contribution in [2.75, 3.05) is 13.1 Å². The molecule has 4 heteroatoms. The maximum Gasteiger partial charge on any atom is 0.181 e. The first-order valence-corrected chi connectivity index (χ1v) is 8.51. The Morgan fingerprint density at radius 1 is 1.33 bits per heavy atom. The Labute approximate surface area is 137 Å². The van der Waals surface area contributed by atoms with E-state index in [1.54, 1.807) is 18.2 Å². The molecule has 0 bridgehead atoms. The molecule has 1 aliphatic rings. The lowest BCUT2D eigenvalue weighted by Crippen LogP contribution is -2.44. The van der Waals surface area contributed by atoms with Crippen LogP contribution in [-0.2, 0) is 0 Å². The highest BCUT2D eigenvalue weighted by molar-refractivity contribution is 6.37. The number of likely N-dealkylation sites (tertiary alicyclic amines) is 1. The molecule has 0 aromatic heterocycles. The number of benzene rings is 1. The molecule has 0 saturated carbocycles. The molecule has 2 rings (SSSR count). The molecule has 0 amide bonds. The first kappa shape index (κ1) is 16.8. The highest BCUT2D eigenvalue weighted by atomic mass is 35.5. The van der Waals surface area contributed by atoms with Crippen molar-refractivity contribution in [2.45, 2.75) is 45.6 Å². The van der Waals surface area contributed by atoms with Crippen LogP contribution in [0.25, 0.3) is 0 Å². The molecule has 2 nitrogen and oxygen atoms in total. The van der Waals surface area contributed by atoms with Crippen molar-refractivity contribution < 1.29 is 4.79 Å². The van der Waals surface area contributed by atoms with Gasteiger partial charge in [0.1, 0.15) is 0 Å². The number of Topliss-reactive ketones (excluding diaryl/α,β-unsaturated/α-hetero) is 1. The second-order valence-electron chi connectivity index (χ2n) is 5.93. The van der Waals surface area contributed by atoms with Crippen LogP contribution in [0.3, 0.4) is 0 Å². The molecule has 1 aromatic carbocycles. The minimum Gasteiger partial charge on any atom is -0.293 e. The van der Waals surface area contributed by atoms with E-state index in [0.29, 0.717) is 15.6 Å². The van der Waals surface area contributed by atoms with Crippen LogP contribution in [0.2, 0.25) is 10.0 Å². The SMILES string of the molecule is CCCC1CCN(C(C)C(=O)c2ccc(Cl)cc2Cl)CC1. The second-order valence-corrected chi connectivity index (χ2v) is 6.78. The number of hydrogen-bond donors (Lipinski definition) is 0. The van der Waals surface area contributed by atoms with Gasteiger partial charge in [-0.1, -0.05) is 43.0 Å². The van der Waals surface area contributed by atoms with Crippen molar-refractivity contribution in [2.24, 2.45) is 5.92 Å². The summed E-state index contributed by atoms with van der Waals surface area (Å²) in [6.45, 7) is 6.22. The number of piperidine rings is 1. The predicted octanol–water partition coefficient (Wildman–Crippen LogP) is 5.08. The zero-order valence-electron chi connectivity index (χ0n) is 12.7. The number of halogens is 2. The molecule has 0 spiro atoms. The topological polar surface area (TPSA) is 20.3 Å². The van der Waals surface area contributed by atoms with Gasteiger partial charge < -0.3 is 0 Å². The largest absolute Gasteiger partial charge is 0.293 e. The molecule has 0 aliphatic carbocycles. The van der Waals surface area contributed by atoms with E-state index < -0.39 is 0 Å². The fourth-order valence-electron chi connectivity index (χ4n) is 3.12. The Morgan fingerprint density at radius 3 is 2.57 bits per heavy atom. The van der Waals surface area contributed by atoms with E-state index in [1.165, 1.54) is 25.7 Å². The summed E-state index contributed by atoms with van der Waals surface area (Å²) in [6.07, 6.45) is 4.94. The third kappa shape index (κ3) is 4.21. The highest BCUT2D eigenvalue weighted by Crippen LogP contribution is 2.26. The monoisotopic (exact) mass is 327 g/mol. The van der Waals surface area contributed by atoms with E-state index in [9.17, 15) is 4.79 Å². The fraction of sp³-hybridized carbons (Fsp3) is 0.588. The highest BCUT2D eigenvalue weighted by Gasteiger charge is 2.27.